The van der Waals surface area contributed by atoms with Gasteiger partial charge in [-0.1, -0.05) is 109 Å². The molecule has 7 heteroatoms. The number of fused-ring (bicyclic) bond motifs is 2. The number of rotatable bonds is 7. The third kappa shape index (κ3) is 4.41. The topological polar surface area (TPSA) is 66.9 Å². The predicted molar refractivity (Wildman–Crippen MR) is 174 cm³/mol. The number of para-hydroxylation sites is 1. The Hall–Kier alpha value is -4.49. The highest BCUT2D eigenvalue weighted by atomic mass is 32.2. The quantitative estimate of drug-likeness (QED) is 0.132. The van der Waals surface area contributed by atoms with E-state index >= 15 is 4.79 Å². The Morgan fingerprint density at radius 1 is 0.818 bits per heavy atom. The van der Waals surface area contributed by atoms with Gasteiger partial charge in [0.05, 0.1) is 17.0 Å². The first-order valence-corrected chi connectivity index (χ1v) is 16.0. The van der Waals surface area contributed by atoms with E-state index in [0.717, 1.165) is 27.9 Å². The molecule has 1 saturated heterocycles. The van der Waals surface area contributed by atoms with Crippen molar-refractivity contribution in [3.63, 3.8) is 0 Å². The highest BCUT2D eigenvalue weighted by Gasteiger charge is 2.67. The highest BCUT2D eigenvalue weighted by molar-refractivity contribution is 7.84. The summed E-state index contributed by atoms with van der Waals surface area (Å²) in [4.78, 5) is 30.1. The Morgan fingerprint density at radius 2 is 1.30 bits per heavy atom. The summed E-state index contributed by atoms with van der Waals surface area (Å²) in [5.41, 5.74) is 2.43. The van der Waals surface area contributed by atoms with Gasteiger partial charge in [0.15, 0.2) is 5.54 Å². The van der Waals surface area contributed by atoms with Gasteiger partial charge in [-0.3, -0.25) is 14.0 Å². The van der Waals surface area contributed by atoms with Crippen LogP contribution in [0.25, 0.3) is 0 Å². The molecule has 4 aromatic rings. The summed E-state index contributed by atoms with van der Waals surface area (Å²) in [5.74, 6) is -0.718. The average Bonchev–Trinajstić information content (AvgIpc) is 3.28. The van der Waals surface area contributed by atoms with Gasteiger partial charge in [0, 0.05) is 23.8 Å². The van der Waals surface area contributed by atoms with Crippen molar-refractivity contribution in [1.82, 2.24) is 4.31 Å². The molecule has 224 valence electrons. The van der Waals surface area contributed by atoms with Crippen LogP contribution in [0.1, 0.15) is 56.4 Å². The van der Waals surface area contributed by atoms with E-state index < -0.39 is 32.8 Å². The smallest absolute Gasteiger partial charge is 0.332 e. The van der Waals surface area contributed by atoms with Gasteiger partial charge in [-0.2, -0.15) is 0 Å². The minimum atomic E-state index is -1.67. The lowest BCUT2D eigenvalue weighted by Gasteiger charge is -2.53. The second-order valence-corrected chi connectivity index (χ2v) is 14.1. The number of carbonyl (C=O) groups is 2. The summed E-state index contributed by atoms with van der Waals surface area (Å²) in [6.07, 6.45) is 1.60. The number of amides is 1. The zero-order valence-corrected chi connectivity index (χ0v) is 26.2. The van der Waals surface area contributed by atoms with Crippen LogP contribution in [0.15, 0.2) is 127 Å². The standard InChI is InChI=1S/C37H36N2O4S/c1-5-43-33(40)25-30-26-36(39(30)44(42)35(2,3)4)31-23-15-16-24-32(31)38(34(36)41)37(27-17-9-6-10-18-27,28-19-11-7-12-20-28)29-21-13-8-14-22-29/h6-25H,5,26H2,1-4H3/b30-25+/t36-,44?/m0/s1. The molecule has 2 aliphatic rings. The average molecular weight is 605 g/mol. The lowest BCUT2D eigenvalue weighted by Crippen LogP contribution is -2.65. The van der Waals surface area contributed by atoms with Crippen molar-refractivity contribution in [3.05, 3.63) is 149 Å². The van der Waals surface area contributed by atoms with Crippen LogP contribution < -0.4 is 4.90 Å². The number of hydrogen-bond donors (Lipinski definition) is 0. The van der Waals surface area contributed by atoms with Crippen LogP contribution in [0, 0.1) is 0 Å². The third-order valence-electron chi connectivity index (χ3n) is 8.36. The molecule has 0 radical (unpaired) electrons. The maximum absolute atomic E-state index is 15.5. The van der Waals surface area contributed by atoms with Crippen molar-refractivity contribution in [2.75, 3.05) is 11.5 Å². The molecule has 1 unspecified atom stereocenters. The van der Waals surface area contributed by atoms with Gasteiger partial charge in [-0.05, 0) is 50.5 Å². The third-order valence-corrected chi connectivity index (χ3v) is 10.3. The Morgan fingerprint density at radius 3 is 1.77 bits per heavy atom. The summed E-state index contributed by atoms with van der Waals surface area (Å²) >= 11 is 0. The van der Waals surface area contributed by atoms with E-state index in [0.29, 0.717) is 5.70 Å². The molecule has 1 fully saturated rings. The fourth-order valence-corrected chi connectivity index (χ4v) is 7.97. The molecular weight excluding hydrogens is 568 g/mol. The van der Waals surface area contributed by atoms with Gasteiger partial charge in [0.1, 0.15) is 16.5 Å². The predicted octanol–water partition coefficient (Wildman–Crippen LogP) is 6.84. The van der Waals surface area contributed by atoms with E-state index in [1.54, 1.807) is 11.2 Å². The van der Waals surface area contributed by atoms with Gasteiger partial charge in [0.2, 0.25) is 0 Å². The maximum atomic E-state index is 15.5. The second-order valence-electron chi connectivity index (χ2n) is 12.0. The van der Waals surface area contributed by atoms with Crippen molar-refractivity contribution in [2.45, 2.75) is 49.9 Å². The SMILES string of the molecule is CCOC(=O)/C=C1\C[C@]2(C(=O)N(C(c3ccccc3)(c3ccccc3)c3ccccc3)c3ccccc32)N1S(=O)C(C)(C)C. The molecule has 2 atom stereocenters. The van der Waals surface area contributed by atoms with Crippen LogP contribution >= 0.6 is 0 Å². The lowest BCUT2D eigenvalue weighted by molar-refractivity contribution is -0.138. The van der Waals surface area contributed by atoms with Crippen molar-refractivity contribution in [2.24, 2.45) is 0 Å². The van der Waals surface area contributed by atoms with Crippen LogP contribution in [-0.2, 0) is 36.4 Å². The first-order valence-electron chi connectivity index (χ1n) is 14.9. The molecule has 2 heterocycles. The molecule has 0 aliphatic carbocycles. The summed E-state index contributed by atoms with van der Waals surface area (Å²) in [7, 11) is -1.67. The Balaban J connectivity index is 1.66. The highest BCUT2D eigenvalue weighted by Crippen LogP contribution is 2.61. The normalized spacial score (nSPS) is 19.5. The molecule has 0 bridgehead atoms. The zero-order valence-electron chi connectivity index (χ0n) is 25.4. The molecule has 0 N–H and O–H groups in total. The maximum Gasteiger partial charge on any atom is 0.332 e. The number of carbonyl (C=O) groups excluding carboxylic acids is 2. The van der Waals surface area contributed by atoms with Crippen LogP contribution in [0.2, 0.25) is 0 Å². The Kier molecular flexibility index (Phi) is 7.54. The van der Waals surface area contributed by atoms with E-state index in [1.165, 1.54) is 6.08 Å². The molecule has 1 spiro atoms. The van der Waals surface area contributed by atoms with Crippen molar-refractivity contribution in [3.8, 4) is 0 Å². The van der Waals surface area contributed by atoms with Crippen LogP contribution in [0.3, 0.4) is 0 Å². The summed E-state index contributed by atoms with van der Waals surface area (Å²) in [6.45, 7) is 7.60. The molecule has 6 nitrogen and oxygen atoms in total. The molecule has 4 aromatic carbocycles. The molecule has 1 amide bonds. The molecule has 0 aromatic heterocycles. The molecule has 0 saturated carbocycles. The minimum Gasteiger partial charge on any atom is -0.463 e. The number of benzene rings is 4. The van der Waals surface area contributed by atoms with Gasteiger partial charge >= 0.3 is 5.97 Å². The van der Waals surface area contributed by atoms with E-state index in [1.807, 2.05) is 105 Å². The number of hydrogen-bond acceptors (Lipinski definition) is 4. The van der Waals surface area contributed by atoms with Gasteiger partial charge in [0.25, 0.3) is 5.91 Å². The van der Waals surface area contributed by atoms with E-state index in [4.69, 9.17) is 4.74 Å². The number of esters is 1. The first-order chi connectivity index (χ1) is 21.2. The fourth-order valence-electron chi connectivity index (χ4n) is 6.56. The van der Waals surface area contributed by atoms with Gasteiger partial charge in [-0.15, -0.1) is 0 Å². The second kappa shape index (κ2) is 11.2. The van der Waals surface area contributed by atoms with Crippen LogP contribution in [0.5, 0.6) is 0 Å². The van der Waals surface area contributed by atoms with Crippen LogP contribution in [0.4, 0.5) is 5.69 Å². The number of anilines is 1. The molecular formula is C37H36N2O4S. The van der Waals surface area contributed by atoms with Crippen molar-refractivity contribution >= 4 is 28.5 Å². The van der Waals surface area contributed by atoms with Crippen LogP contribution in [-0.4, -0.2) is 31.7 Å². The number of ether oxygens (including phenoxy) is 1. The summed E-state index contributed by atoms with van der Waals surface area (Å²) < 4.78 is 20.5. The van der Waals surface area contributed by atoms with Gasteiger partial charge in [-0.25, -0.2) is 9.00 Å². The molecule has 2 aliphatic heterocycles. The van der Waals surface area contributed by atoms with Gasteiger partial charge < -0.3 is 4.74 Å². The summed E-state index contributed by atoms with van der Waals surface area (Å²) in [6, 6.07) is 37.9. The van der Waals surface area contributed by atoms with Crippen molar-refractivity contribution < 1.29 is 18.5 Å². The fraction of sp³-hybridized carbons (Fsp3) is 0.243. The summed E-state index contributed by atoms with van der Waals surface area (Å²) in [5, 5.41) is 0. The molecule has 6 rings (SSSR count). The van der Waals surface area contributed by atoms with E-state index in [-0.39, 0.29) is 18.9 Å². The Bertz CT molecular complexity index is 1650. The minimum absolute atomic E-state index is 0.200. The zero-order chi connectivity index (χ0) is 31.1. The number of nitrogens with zero attached hydrogens (tertiary/aromatic N) is 2. The van der Waals surface area contributed by atoms with E-state index in [2.05, 4.69) is 36.4 Å². The Labute approximate surface area is 261 Å². The largest absolute Gasteiger partial charge is 0.463 e. The van der Waals surface area contributed by atoms with E-state index in [9.17, 15) is 9.00 Å². The van der Waals surface area contributed by atoms with Crippen molar-refractivity contribution in [1.29, 1.82) is 0 Å². The lowest BCUT2D eigenvalue weighted by atomic mass is 9.74. The monoisotopic (exact) mass is 604 g/mol. The first kappa shape index (κ1) is 29.6. The molecule has 44 heavy (non-hydrogen) atoms.